The SMILES string of the molecule is CCNC(C)CC(C)(C)Cc1nccn1CC. The first-order valence-electron chi connectivity index (χ1n) is 6.72. The minimum Gasteiger partial charge on any atom is -0.335 e. The van der Waals surface area contributed by atoms with Crippen LogP contribution in [-0.4, -0.2) is 22.1 Å². The van der Waals surface area contributed by atoms with Crippen LogP contribution >= 0.6 is 0 Å². The van der Waals surface area contributed by atoms with Crippen molar-refractivity contribution in [2.75, 3.05) is 6.54 Å². The molecule has 1 heterocycles. The summed E-state index contributed by atoms with van der Waals surface area (Å²) in [7, 11) is 0. The first-order valence-corrected chi connectivity index (χ1v) is 6.72. The summed E-state index contributed by atoms with van der Waals surface area (Å²) >= 11 is 0. The molecule has 0 radical (unpaired) electrons. The Labute approximate surface area is 106 Å². The zero-order valence-corrected chi connectivity index (χ0v) is 12.0. The summed E-state index contributed by atoms with van der Waals surface area (Å²) in [6.07, 6.45) is 6.20. The first kappa shape index (κ1) is 14.2. The van der Waals surface area contributed by atoms with Crippen LogP contribution in [0.3, 0.4) is 0 Å². The van der Waals surface area contributed by atoms with E-state index in [0.717, 1.165) is 19.5 Å². The fraction of sp³-hybridized carbons (Fsp3) is 0.786. The molecule has 0 spiro atoms. The van der Waals surface area contributed by atoms with Gasteiger partial charge in [0.25, 0.3) is 0 Å². The van der Waals surface area contributed by atoms with Crippen LogP contribution in [0.2, 0.25) is 0 Å². The molecule has 0 saturated heterocycles. The predicted molar refractivity (Wildman–Crippen MR) is 73.1 cm³/mol. The van der Waals surface area contributed by atoms with E-state index >= 15 is 0 Å². The van der Waals surface area contributed by atoms with Crippen LogP contribution in [0.25, 0.3) is 0 Å². The lowest BCUT2D eigenvalue weighted by atomic mass is 9.82. The average molecular weight is 237 g/mol. The third-order valence-corrected chi connectivity index (χ3v) is 3.19. The molecule has 0 saturated carbocycles. The molecule has 0 aliphatic heterocycles. The number of aryl methyl sites for hydroxylation is 1. The van der Waals surface area contributed by atoms with Gasteiger partial charge in [-0.1, -0.05) is 20.8 Å². The summed E-state index contributed by atoms with van der Waals surface area (Å²) < 4.78 is 2.24. The molecular weight excluding hydrogens is 210 g/mol. The zero-order valence-electron chi connectivity index (χ0n) is 12.0. The lowest BCUT2D eigenvalue weighted by Gasteiger charge is -2.28. The van der Waals surface area contributed by atoms with Crippen molar-refractivity contribution in [2.45, 2.75) is 60.0 Å². The summed E-state index contributed by atoms with van der Waals surface area (Å²) in [6.45, 7) is 13.3. The lowest BCUT2D eigenvalue weighted by Crippen LogP contribution is -2.32. The molecule has 1 aromatic rings. The zero-order chi connectivity index (χ0) is 12.9. The van der Waals surface area contributed by atoms with Crippen LogP contribution in [0.15, 0.2) is 12.4 Å². The molecule has 0 aliphatic carbocycles. The Kier molecular flexibility index (Phi) is 5.19. The van der Waals surface area contributed by atoms with Crippen molar-refractivity contribution >= 4 is 0 Å². The third-order valence-electron chi connectivity index (χ3n) is 3.19. The van der Waals surface area contributed by atoms with E-state index < -0.39 is 0 Å². The van der Waals surface area contributed by atoms with Gasteiger partial charge in [0.05, 0.1) is 0 Å². The van der Waals surface area contributed by atoms with Gasteiger partial charge < -0.3 is 9.88 Å². The molecule has 1 rings (SSSR count). The van der Waals surface area contributed by atoms with Gasteiger partial charge in [0.15, 0.2) is 0 Å². The van der Waals surface area contributed by atoms with E-state index in [-0.39, 0.29) is 0 Å². The van der Waals surface area contributed by atoms with E-state index in [0.29, 0.717) is 11.5 Å². The Morgan fingerprint density at radius 1 is 1.41 bits per heavy atom. The van der Waals surface area contributed by atoms with E-state index in [4.69, 9.17) is 0 Å². The van der Waals surface area contributed by atoms with E-state index in [2.05, 4.69) is 55.7 Å². The lowest BCUT2D eigenvalue weighted by molar-refractivity contribution is 0.280. The highest BCUT2D eigenvalue weighted by molar-refractivity contribution is 4.96. The summed E-state index contributed by atoms with van der Waals surface area (Å²) in [5.41, 5.74) is 0.292. The van der Waals surface area contributed by atoms with Gasteiger partial charge >= 0.3 is 0 Å². The average Bonchev–Trinajstić information content (AvgIpc) is 2.63. The molecule has 0 amide bonds. The minimum absolute atomic E-state index is 0.292. The molecule has 98 valence electrons. The second-order valence-electron chi connectivity index (χ2n) is 5.63. The van der Waals surface area contributed by atoms with Gasteiger partial charge in [-0.25, -0.2) is 4.98 Å². The number of aromatic nitrogens is 2. The standard InChI is InChI=1S/C14H27N3/c1-6-15-12(3)10-14(4,5)11-13-16-8-9-17(13)7-2/h8-9,12,15H,6-7,10-11H2,1-5H3. The predicted octanol–water partition coefficient (Wildman–Crippen LogP) is 2.86. The van der Waals surface area contributed by atoms with E-state index in [1.54, 1.807) is 0 Å². The van der Waals surface area contributed by atoms with Gasteiger partial charge in [0.2, 0.25) is 0 Å². The fourth-order valence-electron chi connectivity index (χ4n) is 2.54. The molecule has 3 heteroatoms. The van der Waals surface area contributed by atoms with Crippen molar-refractivity contribution in [2.24, 2.45) is 5.41 Å². The van der Waals surface area contributed by atoms with Gasteiger partial charge in [-0.15, -0.1) is 0 Å². The van der Waals surface area contributed by atoms with Crippen LogP contribution in [0.5, 0.6) is 0 Å². The number of hydrogen-bond donors (Lipinski definition) is 1. The molecular formula is C14H27N3. The summed E-state index contributed by atoms with van der Waals surface area (Å²) in [6, 6.07) is 0.569. The Morgan fingerprint density at radius 3 is 2.71 bits per heavy atom. The fourth-order valence-corrected chi connectivity index (χ4v) is 2.54. The number of rotatable bonds is 7. The Balaban J connectivity index is 2.59. The maximum Gasteiger partial charge on any atom is 0.109 e. The molecule has 0 aromatic carbocycles. The van der Waals surface area contributed by atoms with Gasteiger partial charge in [0, 0.05) is 31.4 Å². The highest BCUT2D eigenvalue weighted by Gasteiger charge is 2.23. The molecule has 3 nitrogen and oxygen atoms in total. The largest absolute Gasteiger partial charge is 0.335 e. The highest BCUT2D eigenvalue weighted by Crippen LogP contribution is 2.26. The van der Waals surface area contributed by atoms with E-state index in [1.165, 1.54) is 12.2 Å². The molecule has 1 aromatic heterocycles. The molecule has 0 fully saturated rings. The second-order valence-corrected chi connectivity index (χ2v) is 5.63. The van der Waals surface area contributed by atoms with Crippen LogP contribution < -0.4 is 5.32 Å². The van der Waals surface area contributed by atoms with Crippen LogP contribution in [0, 0.1) is 5.41 Å². The van der Waals surface area contributed by atoms with Crippen molar-refractivity contribution in [3.05, 3.63) is 18.2 Å². The van der Waals surface area contributed by atoms with Crippen molar-refractivity contribution < 1.29 is 0 Å². The van der Waals surface area contributed by atoms with Crippen LogP contribution in [-0.2, 0) is 13.0 Å². The molecule has 17 heavy (non-hydrogen) atoms. The highest BCUT2D eigenvalue weighted by atomic mass is 15.1. The van der Waals surface area contributed by atoms with Crippen molar-refractivity contribution in [1.29, 1.82) is 0 Å². The molecule has 0 bridgehead atoms. The van der Waals surface area contributed by atoms with Gasteiger partial charge in [-0.05, 0) is 32.2 Å². The van der Waals surface area contributed by atoms with Crippen molar-refractivity contribution in [1.82, 2.24) is 14.9 Å². The molecule has 0 aliphatic rings. The summed E-state index contributed by atoms with van der Waals surface area (Å²) in [4.78, 5) is 4.47. The minimum atomic E-state index is 0.292. The first-order chi connectivity index (χ1) is 7.98. The number of hydrogen-bond acceptors (Lipinski definition) is 2. The van der Waals surface area contributed by atoms with Crippen LogP contribution in [0.4, 0.5) is 0 Å². The number of nitrogens with one attached hydrogen (secondary N) is 1. The van der Waals surface area contributed by atoms with Gasteiger partial charge in [-0.3, -0.25) is 0 Å². The Hall–Kier alpha value is -0.830. The molecule has 1 N–H and O–H groups in total. The van der Waals surface area contributed by atoms with Crippen molar-refractivity contribution in [3.63, 3.8) is 0 Å². The quantitative estimate of drug-likeness (QED) is 0.790. The van der Waals surface area contributed by atoms with Gasteiger partial charge in [0.1, 0.15) is 5.82 Å². The monoisotopic (exact) mass is 237 g/mol. The van der Waals surface area contributed by atoms with Gasteiger partial charge in [-0.2, -0.15) is 0 Å². The normalized spacial score (nSPS) is 13.9. The van der Waals surface area contributed by atoms with E-state index in [9.17, 15) is 0 Å². The third kappa shape index (κ3) is 4.50. The summed E-state index contributed by atoms with van der Waals surface area (Å²) in [5.74, 6) is 1.21. The second kappa shape index (κ2) is 6.20. The summed E-state index contributed by atoms with van der Waals surface area (Å²) in [5, 5.41) is 3.48. The Morgan fingerprint density at radius 2 is 2.12 bits per heavy atom. The van der Waals surface area contributed by atoms with E-state index in [1.807, 2.05) is 6.20 Å². The maximum atomic E-state index is 4.47. The van der Waals surface area contributed by atoms with Crippen molar-refractivity contribution in [3.8, 4) is 0 Å². The smallest absolute Gasteiger partial charge is 0.109 e. The topological polar surface area (TPSA) is 29.9 Å². The molecule has 1 atom stereocenters. The maximum absolute atomic E-state index is 4.47. The Bertz CT molecular complexity index is 328. The van der Waals surface area contributed by atoms with Crippen LogP contribution in [0.1, 0.15) is 46.9 Å². The number of imidazole rings is 1. The molecule has 1 unspecified atom stereocenters. The number of nitrogens with zero attached hydrogens (tertiary/aromatic N) is 2.